The van der Waals surface area contributed by atoms with E-state index in [1.807, 2.05) is 7.05 Å². The van der Waals surface area contributed by atoms with Gasteiger partial charge in [0.25, 0.3) is 0 Å². The van der Waals surface area contributed by atoms with Gasteiger partial charge in [-0.3, -0.25) is 4.79 Å². The highest BCUT2D eigenvalue weighted by molar-refractivity contribution is 5.79. The Kier molecular flexibility index (Phi) is 4.63. The Morgan fingerprint density at radius 1 is 1.16 bits per heavy atom. The highest BCUT2D eigenvalue weighted by atomic mass is 16.2. The molecule has 0 spiro atoms. The number of anilines is 1. The Hall–Kier alpha value is -1.69. The molecule has 1 atom stereocenters. The van der Waals surface area contributed by atoms with Crippen molar-refractivity contribution in [3.05, 3.63) is 17.1 Å². The van der Waals surface area contributed by atoms with Crippen molar-refractivity contribution in [1.29, 1.82) is 0 Å². The van der Waals surface area contributed by atoms with Gasteiger partial charge in [-0.25, -0.2) is 9.97 Å². The van der Waals surface area contributed by atoms with Crippen LogP contribution in [0.15, 0.2) is 0 Å². The van der Waals surface area contributed by atoms with E-state index in [1.54, 1.807) is 0 Å². The molecule has 0 bridgehead atoms. The van der Waals surface area contributed by atoms with Crippen LogP contribution in [0.5, 0.6) is 0 Å². The number of nitrogens with zero attached hydrogens (tertiary/aromatic N) is 4. The molecule has 1 saturated heterocycles. The Morgan fingerprint density at radius 3 is 2.72 bits per heavy atom. The summed E-state index contributed by atoms with van der Waals surface area (Å²) in [6, 6.07) is 0. The van der Waals surface area contributed by atoms with Crippen molar-refractivity contribution in [1.82, 2.24) is 19.8 Å². The summed E-state index contributed by atoms with van der Waals surface area (Å²) in [5.41, 5.74) is 2.42. The summed E-state index contributed by atoms with van der Waals surface area (Å²) in [5, 5.41) is 3.27. The first-order valence-electron chi connectivity index (χ1n) is 9.70. The average molecular weight is 343 g/mol. The average Bonchev–Trinajstić information content (AvgIpc) is 2.59. The lowest BCUT2D eigenvalue weighted by molar-refractivity contribution is -0.139. The van der Waals surface area contributed by atoms with Crippen LogP contribution in [0.2, 0.25) is 0 Å². The second-order valence-electron chi connectivity index (χ2n) is 7.84. The molecule has 1 aromatic rings. The highest BCUT2D eigenvalue weighted by Gasteiger charge is 2.34. The third-order valence-electron chi connectivity index (χ3n) is 6.06. The van der Waals surface area contributed by atoms with Crippen LogP contribution >= 0.6 is 0 Å². The van der Waals surface area contributed by atoms with Gasteiger partial charge in [0.05, 0.1) is 5.69 Å². The molecule has 1 aliphatic carbocycles. The van der Waals surface area contributed by atoms with Gasteiger partial charge < -0.3 is 15.1 Å². The van der Waals surface area contributed by atoms with Crippen molar-refractivity contribution in [2.75, 3.05) is 39.0 Å². The molecular formula is C19H29N5O. The van der Waals surface area contributed by atoms with E-state index in [0.29, 0.717) is 5.91 Å². The minimum Gasteiger partial charge on any atom is -0.373 e. The van der Waals surface area contributed by atoms with Crippen molar-refractivity contribution < 1.29 is 4.79 Å². The zero-order chi connectivity index (χ0) is 17.4. The van der Waals surface area contributed by atoms with Crippen LogP contribution in [0.25, 0.3) is 0 Å². The van der Waals surface area contributed by atoms with E-state index < -0.39 is 0 Å². The largest absolute Gasteiger partial charge is 0.373 e. The Labute approximate surface area is 150 Å². The van der Waals surface area contributed by atoms with E-state index in [4.69, 9.17) is 9.97 Å². The van der Waals surface area contributed by atoms with Gasteiger partial charge in [-0.2, -0.15) is 0 Å². The zero-order valence-electron chi connectivity index (χ0n) is 15.4. The van der Waals surface area contributed by atoms with Gasteiger partial charge in [-0.15, -0.1) is 0 Å². The van der Waals surface area contributed by atoms with E-state index in [9.17, 15) is 4.79 Å². The third-order valence-corrected chi connectivity index (χ3v) is 6.06. The molecule has 0 radical (unpaired) electrons. The fourth-order valence-corrected chi connectivity index (χ4v) is 4.26. The van der Waals surface area contributed by atoms with Crippen LogP contribution in [-0.4, -0.2) is 59.4 Å². The lowest BCUT2D eigenvalue weighted by Crippen LogP contribution is -2.44. The molecule has 2 fully saturated rings. The second-order valence-corrected chi connectivity index (χ2v) is 7.84. The van der Waals surface area contributed by atoms with Crippen LogP contribution in [0, 0.1) is 5.92 Å². The first kappa shape index (κ1) is 16.8. The van der Waals surface area contributed by atoms with E-state index in [-0.39, 0.29) is 11.8 Å². The number of amides is 1. The molecule has 1 N–H and O–H groups in total. The third kappa shape index (κ3) is 3.24. The number of carbonyl (C=O) groups is 1. The number of fused-ring (bicyclic) bond motifs is 1. The number of rotatable bonds is 3. The lowest BCUT2D eigenvalue weighted by atomic mass is 9.83. The van der Waals surface area contributed by atoms with Gasteiger partial charge in [0, 0.05) is 57.0 Å². The number of nitrogens with one attached hydrogen (secondary N) is 1. The molecule has 1 aromatic heterocycles. The Morgan fingerprint density at radius 2 is 2.00 bits per heavy atom. The molecule has 136 valence electrons. The molecule has 2 aliphatic heterocycles. The molecule has 3 heterocycles. The summed E-state index contributed by atoms with van der Waals surface area (Å²) in [5.74, 6) is 2.82. The normalized spacial score (nSPS) is 24.6. The Balaban J connectivity index is 1.55. The summed E-state index contributed by atoms with van der Waals surface area (Å²) in [6.45, 7) is 3.64. The monoisotopic (exact) mass is 343 g/mol. The minimum atomic E-state index is 0.273. The summed E-state index contributed by atoms with van der Waals surface area (Å²) >= 11 is 0. The van der Waals surface area contributed by atoms with Gasteiger partial charge in [-0.1, -0.05) is 6.42 Å². The van der Waals surface area contributed by atoms with E-state index in [1.165, 1.54) is 17.7 Å². The van der Waals surface area contributed by atoms with Gasteiger partial charge in [0.2, 0.25) is 5.91 Å². The number of hydrogen-bond acceptors (Lipinski definition) is 5. The maximum atomic E-state index is 12.6. The standard InChI is InChI=1S/C19H29N5O/c1-20-18-15-12-23(2)10-8-16(15)21-17(22-18)14-7-4-9-24(11-14)19(25)13-5-3-6-13/h13-14H,3-12H2,1-2H3,(H,20,21,22). The SMILES string of the molecule is CNc1nc(C2CCCN(C(=O)C3CCC3)C2)nc2c1CN(C)CC2. The van der Waals surface area contributed by atoms with Gasteiger partial charge in [0.1, 0.15) is 11.6 Å². The van der Waals surface area contributed by atoms with Crippen LogP contribution in [0.3, 0.4) is 0 Å². The fourth-order valence-electron chi connectivity index (χ4n) is 4.26. The molecule has 0 aromatic carbocycles. The Bertz CT molecular complexity index is 640. The number of piperidine rings is 1. The molecule has 1 unspecified atom stereocenters. The number of likely N-dealkylation sites (N-methyl/N-ethyl adjacent to an activating group) is 1. The predicted molar refractivity (Wildman–Crippen MR) is 97.5 cm³/mol. The van der Waals surface area contributed by atoms with Crippen molar-refractivity contribution in [2.45, 2.75) is 51.0 Å². The van der Waals surface area contributed by atoms with Crippen LogP contribution in [-0.2, 0) is 17.8 Å². The highest BCUT2D eigenvalue weighted by Crippen LogP contribution is 2.33. The van der Waals surface area contributed by atoms with E-state index >= 15 is 0 Å². The maximum Gasteiger partial charge on any atom is 0.225 e. The van der Waals surface area contributed by atoms with Gasteiger partial charge in [0.15, 0.2) is 0 Å². The molecule has 6 heteroatoms. The van der Waals surface area contributed by atoms with Crippen molar-refractivity contribution >= 4 is 11.7 Å². The molecule has 1 saturated carbocycles. The first-order valence-corrected chi connectivity index (χ1v) is 9.70. The summed E-state index contributed by atoms with van der Waals surface area (Å²) in [7, 11) is 4.08. The van der Waals surface area contributed by atoms with Gasteiger partial charge >= 0.3 is 0 Å². The number of hydrogen-bond donors (Lipinski definition) is 1. The topological polar surface area (TPSA) is 61.4 Å². The van der Waals surface area contributed by atoms with Crippen LogP contribution < -0.4 is 5.32 Å². The lowest BCUT2D eigenvalue weighted by Gasteiger charge is -2.37. The summed E-state index contributed by atoms with van der Waals surface area (Å²) < 4.78 is 0. The van der Waals surface area contributed by atoms with Crippen molar-refractivity contribution in [3.63, 3.8) is 0 Å². The number of likely N-dealkylation sites (tertiary alicyclic amines) is 1. The van der Waals surface area contributed by atoms with E-state index in [2.05, 4.69) is 22.2 Å². The van der Waals surface area contributed by atoms with Crippen molar-refractivity contribution in [2.24, 2.45) is 5.92 Å². The smallest absolute Gasteiger partial charge is 0.225 e. The fraction of sp³-hybridized carbons (Fsp3) is 0.737. The molecule has 6 nitrogen and oxygen atoms in total. The van der Waals surface area contributed by atoms with Gasteiger partial charge in [-0.05, 0) is 32.7 Å². The second kappa shape index (κ2) is 6.90. The maximum absolute atomic E-state index is 12.6. The number of aromatic nitrogens is 2. The minimum absolute atomic E-state index is 0.273. The number of carbonyl (C=O) groups excluding carboxylic acids is 1. The molecule has 4 rings (SSSR count). The van der Waals surface area contributed by atoms with Crippen LogP contribution in [0.4, 0.5) is 5.82 Å². The predicted octanol–water partition coefficient (Wildman–Crippen LogP) is 2.01. The zero-order valence-corrected chi connectivity index (χ0v) is 15.4. The molecule has 1 amide bonds. The first-order chi connectivity index (χ1) is 12.2. The summed E-state index contributed by atoms with van der Waals surface area (Å²) in [6.07, 6.45) is 6.48. The molecular weight excluding hydrogens is 314 g/mol. The van der Waals surface area contributed by atoms with E-state index in [0.717, 1.165) is 69.9 Å². The summed E-state index contributed by atoms with van der Waals surface area (Å²) in [4.78, 5) is 26.8. The van der Waals surface area contributed by atoms with Crippen molar-refractivity contribution in [3.8, 4) is 0 Å². The molecule has 25 heavy (non-hydrogen) atoms. The molecule has 3 aliphatic rings. The quantitative estimate of drug-likeness (QED) is 0.910. The van der Waals surface area contributed by atoms with Crippen LogP contribution in [0.1, 0.15) is 55.1 Å².